The van der Waals surface area contributed by atoms with Gasteiger partial charge < -0.3 is 10.1 Å². The molecule has 1 N–H and O–H groups in total. The number of benzene rings is 3. The summed E-state index contributed by atoms with van der Waals surface area (Å²) in [5.41, 5.74) is 3.33. The summed E-state index contributed by atoms with van der Waals surface area (Å²) < 4.78 is 34.2. The van der Waals surface area contributed by atoms with Crippen LogP contribution >= 0.6 is 11.6 Å². The average Bonchev–Trinajstić information content (AvgIpc) is 2.80. The molecule has 8 heteroatoms. The molecule has 3 aromatic carbocycles. The molecule has 0 saturated carbocycles. The highest BCUT2D eigenvalue weighted by Gasteiger charge is 2.37. The van der Waals surface area contributed by atoms with E-state index in [2.05, 4.69) is 5.32 Å². The second-order valence-electron chi connectivity index (χ2n) is 8.09. The zero-order valence-electron chi connectivity index (χ0n) is 18.4. The summed E-state index contributed by atoms with van der Waals surface area (Å²) in [5, 5.41) is 3.51. The number of fused-ring (bicyclic) bond motifs is 1. The second-order valence-corrected chi connectivity index (χ2v) is 10.4. The third kappa shape index (κ3) is 5.15. The van der Waals surface area contributed by atoms with Gasteiger partial charge in [-0.25, -0.2) is 8.42 Å². The molecule has 6 nitrogen and oxygen atoms in total. The van der Waals surface area contributed by atoms with Gasteiger partial charge in [-0.1, -0.05) is 47.5 Å². The van der Waals surface area contributed by atoms with E-state index in [9.17, 15) is 13.2 Å². The predicted octanol–water partition coefficient (Wildman–Crippen LogP) is 4.27. The van der Waals surface area contributed by atoms with Crippen LogP contribution < -0.4 is 14.4 Å². The number of carbonyl (C=O) groups is 1. The zero-order valence-corrected chi connectivity index (χ0v) is 20.0. The number of anilines is 1. The highest BCUT2D eigenvalue weighted by atomic mass is 35.5. The van der Waals surface area contributed by atoms with E-state index in [0.29, 0.717) is 29.4 Å². The van der Waals surface area contributed by atoms with Crippen LogP contribution in [0.5, 0.6) is 5.75 Å². The van der Waals surface area contributed by atoms with Gasteiger partial charge in [0.2, 0.25) is 0 Å². The zero-order chi connectivity index (χ0) is 23.6. The van der Waals surface area contributed by atoms with Crippen LogP contribution in [0.2, 0.25) is 5.02 Å². The molecule has 4 rings (SSSR count). The molecule has 0 spiro atoms. The minimum absolute atomic E-state index is 0.112. The third-order valence-electron chi connectivity index (χ3n) is 5.51. The molecular weight excluding hydrogens is 460 g/mol. The predicted molar refractivity (Wildman–Crippen MR) is 129 cm³/mol. The fourth-order valence-electron chi connectivity index (χ4n) is 3.66. The molecule has 172 valence electrons. The summed E-state index contributed by atoms with van der Waals surface area (Å²) in [6.07, 6.45) is -0.345. The van der Waals surface area contributed by atoms with Crippen molar-refractivity contribution in [2.75, 3.05) is 17.4 Å². The first-order valence-electron chi connectivity index (χ1n) is 10.6. The van der Waals surface area contributed by atoms with Crippen LogP contribution in [0.25, 0.3) is 0 Å². The highest BCUT2D eigenvalue weighted by molar-refractivity contribution is 7.92. The Morgan fingerprint density at radius 1 is 1.03 bits per heavy atom. The van der Waals surface area contributed by atoms with Crippen LogP contribution in [0.1, 0.15) is 16.7 Å². The van der Waals surface area contributed by atoms with E-state index in [1.807, 2.05) is 32.0 Å². The van der Waals surface area contributed by atoms with Gasteiger partial charge in [0.15, 0.2) is 6.10 Å². The summed E-state index contributed by atoms with van der Waals surface area (Å²) in [5.74, 6) is -0.000294. The van der Waals surface area contributed by atoms with Gasteiger partial charge in [0.25, 0.3) is 15.9 Å². The molecule has 0 saturated heterocycles. The molecule has 1 aliphatic rings. The fourth-order valence-corrected chi connectivity index (χ4v) is 5.25. The van der Waals surface area contributed by atoms with E-state index in [4.69, 9.17) is 16.3 Å². The van der Waals surface area contributed by atoms with Crippen molar-refractivity contribution in [1.82, 2.24) is 5.32 Å². The van der Waals surface area contributed by atoms with Crippen LogP contribution in [0.15, 0.2) is 71.6 Å². The lowest BCUT2D eigenvalue weighted by atomic mass is 10.1. The fraction of sp³-hybridized carbons (Fsp3) is 0.240. The molecule has 1 atom stereocenters. The lowest BCUT2D eigenvalue weighted by molar-refractivity contribution is -0.127. The Hall–Kier alpha value is -3.03. The average molecular weight is 485 g/mol. The molecule has 0 unspecified atom stereocenters. The van der Waals surface area contributed by atoms with E-state index in [1.165, 1.54) is 4.31 Å². The van der Waals surface area contributed by atoms with Crippen molar-refractivity contribution in [3.8, 4) is 5.75 Å². The van der Waals surface area contributed by atoms with Gasteiger partial charge in [-0.15, -0.1) is 0 Å². The molecule has 0 aliphatic carbocycles. The van der Waals surface area contributed by atoms with Crippen molar-refractivity contribution in [2.45, 2.75) is 31.3 Å². The van der Waals surface area contributed by atoms with Crippen LogP contribution in [-0.4, -0.2) is 33.5 Å². The maximum absolute atomic E-state index is 13.5. The summed E-state index contributed by atoms with van der Waals surface area (Å²) in [6, 6.07) is 19.4. The van der Waals surface area contributed by atoms with Crippen molar-refractivity contribution in [3.05, 3.63) is 88.4 Å². The first-order valence-corrected chi connectivity index (χ1v) is 12.4. The first-order chi connectivity index (χ1) is 15.7. The number of rotatable bonds is 6. The maximum Gasteiger partial charge on any atom is 0.264 e. The Balaban J connectivity index is 1.55. The van der Waals surface area contributed by atoms with E-state index in [1.54, 1.807) is 48.5 Å². The molecule has 0 radical (unpaired) electrons. The minimum Gasteiger partial charge on any atom is -0.476 e. The second kappa shape index (κ2) is 9.45. The Kier molecular flexibility index (Phi) is 6.63. The number of amides is 1. The van der Waals surface area contributed by atoms with Crippen molar-refractivity contribution in [1.29, 1.82) is 0 Å². The number of halogens is 1. The number of sulfonamides is 1. The van der Waals surface area contributed by atoms with Gasteiger partial charge in [-0.3, -0.25) is 9.10 Å². The number of nitrogens with one attached hydrogen (secondary N) is 1. The van der Waals surface area contributed by atoms with E-state index < -0.39 is 16.1 Å². The Labute approximate surface area is 199 Å². The van der Waals surface area contributed by atoms with Crippen LogP contribution in [0, 0.1) is 13.8 Å². The normalized spacial score (nSPS) is 15.5. The Morgan fingerprint density at radius 3 is 2.39 bits per heavy atom. The summed E-state index contributed by atoms with van der Waals surface area (Å²) in [7, 11) is -3.88. The van der Waals surface area contributed by atoms with Crippen molar-refractivity contribution < 1.29 is 17.9 Å². The van der Waals surface area contributed by atoms with Gasteiger partial charge in [-0.2, -0.15) is 0 Å². The van der Waals surface area contributed by atoms with E-state index >= 15 is 0 Å². The molecule has 1 heterocycles. The lowest BCUT2D eigenvalue weighted by Gasteiger charge is -2.35. The highest BCUT2D eigenvalue weighted by Crippen LogP contribution is 2.37. The van der Waals surface area contributed by atoms with Crippen molar-refractivity contribution in [2.24, 2.45) is 0 Å². The van der Waals surface area contributed by atoms with Gasteiger partial charge in [-0.05, 0) is 67.8 Å². The van der Waals surface area contributed by atoms with Crippen LogP contribution in [0.3, 0.4) is 0 Å². The molecule has 33 heavy (non-hydrogen) atoms. The molecule has 0 bridgehead atoms. The van der Waals surface area contributed by atoms with Gasteiger partial charge >= 0.3 is 0 Å². The number of hydrogen-bond donors (Lipinski definition) is 1. The first kappa shape index (κ1) is 23.1. The number of aryl methyl sites for hydroxylation is 2. The van der Waals surface area contributed by atoms with Gasteiger partial charge in [0, 0.05) is 11.6 Å². The van der Waals surface area contributed by atoms with Gasteiger partial charge in [0.1, 0.15) is 5.75 Å². The smallest absolute Gasteiger partial charge is 0.264 e. The molecule has 0 aromatic heterocycles. The third-order valence-corrected chi connectivity index (χ3v) is 7.56. The summed E-state index contributed by atoms with van der Waals surface area (Å²) in [6.45, 7) is 4.06. The minimum atomic E-state index is -3.88. The number of carbonyl (C=O) groups excluding carboxylic acids is 1. The summed E-state index contributed by atoms with van der Waals surface area (Å²) >= 11 is 5.91. The number of nitrogens with zero attached hydrogens (tertiary/aromatic N) is 1. The molecule has 1 aliphatic heterocycles. The van der Waals surface area contributed by atoms with Gasteiger partial charge in [0.05, 0.1) is 17.1 Å². The van der Waals surface area contributed by atoms with E-state index in [-0.39, 0.29) is 17.3 Å². The standard InChI is InChI=1S/C25H25ClN2O4S/c1-17-3-10-21(11-4-17)33(30,31)28-16-24(32-23-12-5-18(2)15-22(23)28)25(29)27-14-13-19-6-8-20(26)9-7-19/h3-12,15,24H,13-14,16H2,1-2H3,(H,27,29)/t24-/m1/s1. The van der Waals surface area contributed by atoms with Crippen molar-refractivity contribution in [3.63, 3.8) is 0 Å². The summed E-state index contributed by atoms with van der Waals surface area (Å²) in [4.78, 5) is 13.1. The number of hydrogen-bond acceptors (Lipinski definition) is 4. The van der Waals surface area contributed by atoms with Crippen LogP contribution in [0.4, 0.5) is 5.69 Å². The lowest BCUT2D eigenvalue weighted by Crippen LogP contribution is -2.51. The molecule has 1 amide bonds. The molecular formula is C25H25ClN2O4S. The topological polar surface area (TPSA) is 75.7 Å². The largest absolute Gasteiger partial charge is 0.476 e. The number of ether oxygens (including phenoxy) is 1. The monoisotopic (exact) mass is 484 g/mol. The quantitative estimate of drug-likeness (QED) is 0.567. The maximum atomic E-state index is 13.5. The molecule has 3 aromatic rings. The Morgan fingerprint density at radius 2 is 1.70 bits per heavy atom. The van der Waals surface area contributed by atoms with Crippen LogP contribution in [-0.2, 0) is 21.2 Å². The molecule has 0 fully saturated rings. The van der Waals surface area contributed by atoms with Crippen molar-refractivity contribution >= 4 is 33.2 Å². The Bertz CT molecular complexity index is 1260. The van der Waals surface area contributed by atoms with E-state index in [0.717, 1.165) is 16.7 Å². The SMILES string of the molecule is Cc1ccc(S(=O)(=O)N2C[C@H](C(=O)NCCc3ccc(Cl)cc3)Oc3ccc(C)cc32)cc1.